The fraction of sp³-hybridized carbons (Fsp3) is 0.375. The van der Waals surface area contributed by atoms with Crippen molar-refractivity contribution in [2.45, 2.75) is 63.1 Å². The molecule has 230 valence electrons. The SMILES string of the molecule is COc1ccc(CN(C(=O)CN(c2ccc(OC)c(Cl)c2)S(=O)(=O)c2ccc(C)cc2)[C@H](C)C(=O)NC2CCCC2)cc1. The predicted molar refractivity (Wildman–Crippen MR) is 167 cm³/mol. The Kier molecular flexibility index (Phi) is 10.6. The highest BCUT2D eigenvalue weighted by molar-refractivity contribution is 7.92. The summed E-state index contributed by atoms with van der Waals surface area (Å²) in [4.78, 5) is 28.9. The van der Waals surface area contributed by atoms with E-state index < -0.39 is 28.5 Å². The zero-order chi connectivity index (χ0) is 31.1. The van der Waals surface area contributed by atoms with Crippen LogP contribution < -0.4 is 19.1 Å². The highest BCUT2D eigenvalue weighted by Crippen LogP contribution is 2.32. The lowest BCUT2D eigenvalue weighted by Gasteiger charge is -2.32. The molecule has 0 aromatic heterocycles. The Hall–Kier alpha value is -3.76. The molecule has 3 aromatic carbocycles. The summed E-state index contributed by atoms with van der Waals surface area (Å²) >= 11 is 6.39. The maximum atomic E-state index is 14.1. The van der Waals surface area contributed by atoms with E-state index in [4.69, 9.17) is 21.1 Å². The summed E-state index contributed by atoms with van der Waals surface area (Å²) in [5.74, 6) is 0.185. The minimum atomic E-state index is -4.21. The lowest BCUT2D eigenvalue weighted by molar-refractivity contribution is -0.139. The normalized spacial score (nSPS) is 14.2. The number of ether oxygens (including phenoxy) is 2. The molecule has 1 aliphatic rings. The van der Waals surface area contributed by atoms with Crippen molar-refractivity contribution in [3.63, 3.8) is 0 Å². The van der Waals surface area contributed by atoms with E-state index in [1.165, 1.54) is 36.3 Å². The molecule has 43 heavy (non-hydrogen) atoms. The maximum absolute atomic E-state index is 14.1. The number of nitrogens with one attached hydrogen (secondary N) is 1. The number of anilines is 1. The van der Waals surface area contributed by atoms with Crippen LogP contribution in [0.4, 0.5) is 5.69 Å². The van der Waals surface area contributed by atoms with E-state index in [0.29, 0.717) is 11.5 Å². The second-order valence-electron chi connectivity index (χ2n) is 10.7. The smallest absolute Gasteiger partial charge is 0.264 e. The van der Waals surface area contributed by atoms with Gasteiger partial charge in [-0.05, 0) is 74.7 Å². The van der Waals surface area contributed by atoms with Crippen molar-refractivity contribution in [3.8, 4) is 11.5 Å². The second-order valence-corrected chi connectivity index (χ2v) is 12.9. The number of rotatable bonds is 12. The molecule has 0 radical (unpaired) electrons. The van der Waals surface area contributed by atoms with Gasteiger partial charge in [-0.2, -0.15) is 0 Å². The Bertz CT molecular complexity index is 1520. The summed E-state index contributed by atoms with van der Waals surface area (Å²) in [6.07, 6.45) is 3.88. The summed E-state index contributed by atoms with van der Waals surface area (Å²) in [5, 5.41) is 3.26. The molecule has 0 unspecified atom stereocenters. The summed E-state index contributed by atoms with van der Waals surface area (Å²) in [6.45, 7) is 3.05. The molecule has 0 spiro atoms. The molecule has 0 saturated heterocycles. The van der Waals surface area contributed by atoms with Crippen molar-refractivity contribution in [1.29, 1.82) is 0 Å². The number of amides is 2. The molecule has 11 heteroatoms. The Labute approximate surface area is 258 Å². The van der Waals surface area contributed by atoms with E-state index in [2.05, 4.69) is 5.32 Å². The van der Waals surface area contributed by atoms with E-state index in [0.717, 1.165) is 41.1 Å². The molecule has 4 rings (SSSR count). The highest BCUT2D eigenvalue weighted by Gasteiger charge is 2.33. The number of nitrogens with zero attached hydrogens (tertiary/aromatic N) is 2. The molecule has 1 fully saturated rings. The van der Waals surface area contributed by atoms with Gasteiger partial charge in [-0.25, -0.2) is 8.42 Å². The number of halogens is 1. The summed E-state index contributed by atoms with van der Waals surface area (Å²) in [5.41, 5.74) is 1.84. The van der Waals surface area contributed by atoms with E-state index >= 15 is 0 Å². The van der Waals surface area contributed by atoms with Gasteiger partial charge in [-0.3, -0.25) is 13.9 Å². The van der Waals surface area contributed by atoms with Crippen molar-refractivity contribution >= 4 is 39.1 Å². The van der Waals surface area contributed by atoms with Gasteiger partial charge in [0.15, 0.2) is 0 Å². The highest BCUT2D eigenvalue weighted by atomic mass is 35.5. The van der Waals surface area contributed by atoms with Crippen LogP contribution in [0.15, 0.2) is 71.6 Å². The van der Waals surface area contributed by atoms with Crippen LogP contribution in [0.25, 0.3) is 0 Å². The Morgan fingerprint density at radius 1 is 0.977 bits per heavy atom. The summed E-state index contributed by atoms with van der Waals surface area (Å²) in [7, 11) is -1.19. The first-order valence-electron chi connectivity index (χ1n) is 14.2. The van der Waals surface area contributed by atoms with Crippen molar-refractivity contribution in [1.82, 2.24) is 10.2 Å². The van der Waals surface area contributed by atoms with Crippen molar-refractivity contribution in [3.05, 3.63) is 82.9 Å². The van der Waals surface area contributed by atoms with E-state index in [1.807, 2.05) is 19.1 Å². The number of hydrogen-bond donors (Lipinski definition) is 1. The van der Waals surface area contributed by atoms with Crippen molar-refractivity contribution < 1.29 is 27.5 Å². The van der Waals surface area contributed by atoms with Gasteiger partial charge in [-0.15, -0.1) is 0 Å². The fourth-order valence-corrected chi connectivity index (χ4v) is 6.74. The molecule has 1 saturated carbocycles. The van der Waals surface area contributed by atoms with E-state index in [-0.39, 0.29) is 34.1 Å². The lowest BCUT2D eigenvalue weighted by atomic mass is 10.1. The van der Waals surface area contributed by atoms with Crippen LogP contribution in [-0.4, -0.2) is 58.0 Å². The molecule has 0 bridgehead atoms. The Morgan fingerprint density at radius 3 is 2.21 bits per heavy atom. The quantitative estimate of drug-likeness (QED) is 0.291. The fourth-order valence-electron chi connectivity index (χ4n) is 5.08. The van der Waals surface area contributed by atoms with Gasteiger partial charge in [-0.1, -0.05) is 54.3 Å². The number of sulfonamides is 1. The Balaban J connectivity index is 1.71. The third-order valence-corrected chi connectivity index (χ3v) is 9.78. The monoisotopic (exact) mass is 627 g/mol. The first kappa shape index (κ1) is 32.2. The number of hydrogen-bond acceptors (Lipinski definition) is 6. The standard InChI is InChI=1S/C32H38ClN3O6S/c1-22-9-16-28(17-10-22)43(39,40)36(26-13-18-30(42-4)29(33)19-26)21-31(37)35(20-24-11-14-27(41-3)15-12-24)23(2)32(38)34-25-7-5-6-8-25/h9-19,23,25H,5-8,20-21H2,1-4H3,(H,34,38)/t23-/m1/s1. The molecule has 1 aliphatic carbocycles. The number of aryl methyl sites for hydroxylation is 1. The van der Waals surface area contributed by atoms with Gasteiger partial charge < -0.3 is 19.7 Å². The number of carbonyl (C=O) groups excluding carboxylic acids is 2. The largest absolute Gasteiger partial charge is 0.497 e. The molecular formula is C32H38ClN3O6S. The van der Waals surface area contributed by atoms with Crippen LogP contribution in [-0.2, 0) is 26.2 Å². The van der Waals surface area contributed by atoms with Crippen LogP contribution in [0, 0.1) is 6.92 Å². The average Bonchev–Trinajstić information content (AvgIpc) is 3.51. The zero-order valence-corrected chi connectivity index (χ0v) is 26.5. The van der Waals surface area contributed by atoms with Gasteiger partial charge in [0.25, 0.3) is 10.0 Å². The third kappa shape index (κ3) is 7.80. The number of carbonyl (C=O) groups is 2. The molecular weight excluding hydrogens is 590 g/mol. The van der Waals surface area contributed by atoms with Gasteiger partial charge in [0.2, 0.25) is 11.8 Å². The molecule has 2 amide bonds. The Morgan fingerprint density at radius 2 is 1.63 bits per heavy atom. The minimum absolute atomic E-state index is 0.0200. The molecule has 0 aliphatic heterocycles. The zero-order valence-electron chi connectivity index (χ0n) is 24.9. The molecule has 0 heterocycles. The molecule has 9 nitrogen and oxygen atoms in total. The predicted octanol–water partition coefficient (Wildman–Crippen LogP) is 5.34. The van der Waals surface area contributed by atoms with Crippen molar-refractivity contribution in [2.24, 2.45) is 0 Å². The lowest BCUT2D eigenvalue weighted by Crippen LogP contribution is -2.52. The molecule has 3 aromatic rings. The first-order chi connectivity index (χ1) is 20.5. The molecule has 1 atom stereocenters. The van der Waals surface area contributed by atoms with Gasteiger partial charge in [0.05, 0.1) is 29.8 Å². The van der Waals surface area contributed by atoms with Crippen LogP contribution in [0.2, 0.25) is 5.02 Å². The van der Waals surface area contributed by atoms with Crippen LogP contribution >= 0.6 is 11.6 Å². The van der Waals surface area contributed by atoms with Crippen molar-refractivity contribution in [2.75, 3.05) is 25.1 Å². The van der Waals surface area contributed by atoms with Gasteiger partial charge in [0.1, 0.15) is 24.1 Å². The molecule has 1 N–H and O–H groups in total. The van der Waals surface area contributed by atoms with E-state index in [1.54, 1.807) is 44.4 Å². The van der Waals surface area contributed by atoms with Crippen LogP contribution in [0.3, 0.4) is 0 Å². The van der Waals surface area contributed by atoms with Crippen LogP contribution in [0.1, 0.15) is 43.7 Å². The van der Waals surface area contributed by atoms with Crippen LogP contribution in [0.5, 0.6) is 11.5 Å². The number of benzene rings is 3. The first-order valence-corrected chi connectivity index (χ1v) is 16.0. The van der Waals surface area contributed by atoms with E-state index in [9.17, 15) is 18.0 Å². The van der Waals surface area contributed by atoms with Gasteiger partial charge in [0, 0.05) is 12.6 Å². The average molecular weight is 628 g/mol. The summed E-state index contributed by atoms with van der Waals surface area (Å²) < 4.78 is 39.6. The topological polar surface area (TPSA) is 105 Å². The second kappa shape index (κ2) is 14.1. The summed E-state index contributed by atoms with van der Waals surface area (Å²) in [6, 6.07) is 17.3. The third-order valence-electron chi connectivity index (χ3n) is 7.69. The maximum Gasteiger partial charge on any atom is 0.264 e. The minimum Gasteiger partial charge on any atom is -0.497 e. The number of methoxy groups -OCH3 is 2. The van der Waals surface area contributed by atoms with Gasteiger partial charge >= 0.3 is 0 Å².